The fraction of sp³-hybridized carbons (Fsp3) is 0.462. The van der Waals surface area contributed by atoms with Crippen molar-refractivity contribution in [3.8, 4) is 0 Å². The van der Waals surface area contributed by atoms with Crippen molar-refractivity contribution >= 4 is 41.6 Å². The number of nitrogens with zero attached hydrogens (tertiary/aromatic N) is 1. The molecule has 0 heterocycles. The quantitative estimate of drug-likeness (QED) is 0.748. The van der Waals surface area contributed by atoms with Gasteiger partial charge in [0.1, 0.15) is 0 Å². The second kappa shape index (κ2) is 6.45. The molecule has 1 amide bonds. The Morgan fingerprint density at radius 1 is 1.40 bits per heavy atom. The van der Waals surface area contributed by atoms with Crippen LogP contribution in [-0.4, -0.2) is 31.8 Å². The van der Waals surface area contributed by atoms with Crippen LogP contribution in [0.15, 0.2) is 21.5 Å². The highest BCUT2D eigenvalue weighted by molar-refractivity contribution is 9.10. The molecule has 0 spiro atoms. The maximum absolute atomic E-state index is 12.5. The van der Waals surface area contributed by atoms with Gasteiger partial charge in [-0.1, -0.05) is 15.9 Å². The van der Waals surface area contributed by atoms with E-state index >= 15 is 0 Å². The Bertz CT molecular complexity index is 629. The number of hydrogen-bond donors (Lipinski definition) is 0. The first-order valence-electron chi connectivity index (χ1n) is 6.15. The van der Waals surface area contributed by atoms with Gasteiger partial charge in [-0.05, 0) is 45.4 Å². The first kappa shape index (κ1) is 17.5. The number of amides is 1. The summed E-state index contributed by atoms with van der Waals surface area (Å²) < 4.78 is 23.7. The lowest BCUT2D eigenvalue weighted by Gasteiger charge is -2.26. The highest BCUT2D eigenvalue weighted by Gasteiger charge is 2.24. The monoisotopic (exact) mass is 381 g/mol. The SMILES string of the molecule is CCN(C(=O)c1cc(Br)cc(S(=O)(=O)Cl)c1C)C(C)C. The molecule has 0 unspecified atom stereocenters. The van der Waals surface area contributed by atoms with E-state index < -0.39 is 9.05 Å². The van der Waals surface area contributed by atoms with Crippen LogP contribution in [0.1, 0.15) is 36.7 Å². The Balaban J connectivity index is 3.47. The van der Waals surface area contributed by atoms with Gasteiger partial charge in [0.25, 0.3) is 15.0 Å². The van der Waals surface area contributed by atoms with Gasteiger partial charge < -0.3 is 4.90 Å². The van der Waals surface area contributed by atoms with E-state index in [1.165, 1.54) is 6.07 Å². The minimum Gasteiger partial charge on any atom is -0.336 e. The normalized spacial score (nSPS) is 11.8. The molecule has 0 saturated carbocycles. The van der Waals surface area contributed by atoms with E-state index in [-0.39, 0.29) is 16.8 Å². The van der Waals surface area contributed by atoms with Crippen LogP contribution in [0, 0.1) is 6.92 Å². The summed E-state index contributed by atoms with van der Waals surface area (Å²) in [5, 5.41) is 0. The Morgan fingerprint density at radius 2 is 1.95 bits per heavy atom. The summed E-state index contributed by atoms with van der Waals surface area (Å²) in [7, 11) is 1.52. The number of carbonyl (C=O) groups excluding carboxylic acids is 1. The zero-order chi connectivity index (χ0) is 15.7. The van der Waals surface area contributed by atoms with Crippen LogP contribution in [0.2, 0.25) is 0 Å². The van der Waals surface area contributed by atoms with E-state index in [9.17, 15) is 13.2 Å². The number of rotatable bonds is 4. The second-order valence-corrected chi connectivity index (χ2v) is 8.15. The number of carbonyl (C=O) groups is 1. The maximum Gasteiger partial charge on any atom is 0.261 e. The topological polar surface area (TPSA) is 54.5 Å². The molecule has 0 aliphatic carbocycles. The third-order valence-electron chi connectivity index (χ3n) is 3.04. The second-order valence-electron chi connectivity index (χ2n) is 4.70. The van der Waals surface area contributed by atoms with Gasteiger partial charge in [-0.15, -0.1) is 0 Å². The van der Waals surface area contributed by atoms with Crippen LogP contribution in [0.3, 0.4) is 0 Å². The van der Waals surface area contributed by atoms with Crippen LogP contribution >= 0.6 is 26.6 Å². The minimum atomic E-state index is -3.89. The Labute approximate surface area is 132 Å². The molecule has 1 aromatic carbocycles. The highest BCUT2D eigenvalue weighted by atomic mass is 79.9. The lowest BCUT2D eigenvalue weighted by molar-refractivity contribution is 0.0716. The zero-order valence-corrected chi connectivity index (χ0v) is 14.9. The summed E-state index contributed by atoms with van der Waals surface area (Å²) in [6.07, 6.45) is 0. The summed E-state index contributed by atoms with van der Waals surface area (Å²) in [6.45, 7) is 7.83. The van der Waals surface area contributed by atoms with Crippen molar-refractivity contribution in [3.63, 3.8) is 0 Å². The summed E-state index contributed by atoms with van der Waals surface area (Å²) in [4.78, 5) is 14.2. The smallest absolute Gasteiger partial charge is 0.261 e. The average Bonchev–Trinajstić information content (AvgIpc) is 2.30. The van der Waals surface area contributed by atoms with Gasteiger partial charge >= 0.3 is 0 Å². The summed E-state index contributed by atoms with van der Waals surface area (Å²) in [5.41, 5.74) is 0.710. The van der Waals surface area contributed by atoms with Gasteiger partial charge in [0.05, 0.1) is 4.90 Å². The fourth-order valence-corrected chi connectivity index (χ4v) is 3.86. The third-order valence-corrected chi connectivity index (χ3v) is 4.95. The summed E-state index contributed by atoms with van der Waals surface area (Å²) in [6, 6.07) is 3.05. The molecular formula is C13H17BrClNO3S. The first-order valence-corrected chi connectivity index (χ1v) is 9.25. The molecule has 0 aliphatic heterocycles. The zero-order valence-electron chi connectivity index (χ0n) is 11.8. The molecule has 4 nitrogen and oxygen atoms in total. The van der Waals surface area contributed by atoms with Gasteiger partial charge in [0.2, 0.25) is 0 Å². The van der Waals surface area contributed by atoms with E-state index in [0.717, 1.165) is 0 Å². The Hall–Kier alpha value is -0.590. The molecule has 0 atom stereocenters. The Morgan fingerprint density at radius 3 is 2.35 bits per heavy atom. The van der Waals surface area contributed by atoms with Crippen molar-refractivity contribution in [2.45, 2.75) is 38.6 Å². The third kappa shape index (κ3) is 3.74. The molecule has 7 heteroatoms. The van der Waals surface area contributed by atoms with Gasteiger partial charge in [-0.2, -0.15) is 0 Å². The first-order chi connectivity index (χ1) is 9.09. The van der Waals surface area contributed by atoms with Crippen molar-refractivity contribution in [2.24, 2.45) is 0 Å². The van der Waals surface area contributed by atoms with Crippen molar-refractivity contribution in [3.05, 3.63) is 27.7 Å². The molecule has 112 valence electrons. The molecule has 0 saturated heterocycles. The molecule has 0 radical (unpaired) electrons. The van der Waals surface area contributed by atoms with Crippen molar-refractivity contribution in [2.75, 3.05) is 6.54 Å². The predicted molar refractivity (Wildman–Crippen MR) is 83.8 cm³/mol. The number of hydrogen-bond acceptors (Lipinski definition) is 3. The molecule has 1 aromatic rings. The molecular weight excluding hydrogens is 366 g/mol. The van der Waals surface area contributed by atoms with Crippen LogP contribution in [0.5, 0.6) is 0 Å². The van der Waals surface area contributed by atoms with Crippen LogP contribution in [-0.2, 0) is 9.05 Å². The largest absolute Gasteiger partial charge is 0.336 e. The van der Waals surface area contributed by atoms with E-state index in [0.29, 0.717) is 22.1 Å². The maximum atomic E-state index is 12.5. The lowest BCUT2D eigenvalue weighted by atomic mass is 10.1. The predicted octanol–water partition coefficient (Wildman–Crippen LogP) is 3.56. The number of halogens is 2. The lowest BCUT2D eigenvalue weighted by Crippen LogP contribution is -2.37. The minimum absolute atomic E-state index is 0.0296. The van der Waals surface area contributed by atoms with Gasteiger partial charge in [-0.3, -0.25) is 4.79 Å². The van der Waals surface area contributed by atoms with E-state index in [2.05, 4.69) is 15.9 Å². The van der Waals surface area contributed by atoms with Crippen molar-refractivity contribution in [1.82, 2.24) is 4.90 Å². The molecule has 20 heavy (non-hydrogen) atoms. The van der Waals surface area contributed by atoms with Crippen LogP contribution in [0.4, 0.5) is 0 Å². The van der Waals surface area contributed by atoms with Gasteiger partial charge in [0.15, 0.2) is 0 Å². The highest BCUT2D eigenvalue weighted by Crippen LogP contribution is 2.28. The fourth-order valence-electron chi connectivity index (χ4n) is 2.03. The van der Waals surface area contributed by atoms with E-state index in [1.54, 1.807) is 17.9 Å². The molecule has 1 rings (SSSR count). The van der Waals surface area contributed by atoms with Crippen LogP contribution in [0.25, 0.3) is 0 Å². The standard InChI is InChI=1S/C13H17BrClNO3S/c1-5-16(8(2)3)13(17)11-6-10(14)7-12(9(11)4)20(15,18)19/h6-8H,5H2,1-4H3. The molecule has 0 aliphatic rings. The van der Waals surface area contributed by atoms with Gasteiger partial charge in [0, 0.05) is 33.3 Å². The number of benzene rings is 1. The van der Waals surface area contributed by atoms with Crippen LogP contribution < -0.4 is 0 Å². The molecule has 0 N–H and O–H groups in total. The van der Waals surface area contributed by atoms with Crippen molar-refractivity contribution < 1.29 is 13.2 Å². The molecule has 0 aromatic heterocycles. The molecule has 0 fully saturated rings. The Kier molecular flexibility index (Phi) is 5.63. The summed E-state index contributed by atoms with van der Waals surface area (Å²) in [5.74, 6) is -0.206. The van der Waals surface area contributed by atoms with Crippen molar-refractivity contribution in [1.29, 1.82) is 0 Å². The average molecular weight is 383 g/mol. The molecule has 0 bridgehead atoms. The van der Waals surface area contributed by atoms with E-state index in [4.69, 9.17) is 10.7 Å². The summed E-state index contributed by atoms with van der Waals surface area (Å²) >= 11 is 3.22. The van der Waals surface area contributed by atoms with Gasteiger partial charge in [-0.25, -0.2) is 8.42 Å². The van der Waals surface area contributed by atoms with E-state index in [1.807, 2.05) is 20.8 Å².